The first kappa shape index (κ1) is 8.26. The standard InChI is InChI=1S/C6H7BrN2O2/c1-3-8-4(2-5(10)11)6(7)9-3/h2H2,1H3,(H,8,9)(H,10,11). The molecule has 0 aliphatic rings. The van der Waals surface area contributed by atoms with Crippen LogP contribution in [0.5, 0.6) is 0 Å². The maximum absolute atomic E-state index is 10.3. The van der Waals surface area contributed by atoms with Crippen molar-refractivity contribution < 1.29 is 9.90 Å². The Labute approximate surface area is 71.8 Å². The molecular weight excluding hydrogens is 212 g/mol. The van der Waals surface area contributed by atoms with Crippen LogP contribution in [0.1, 0.15) is 11.5 Å². The van der Waals surface area contributed by atoms with Crippen LogP contribution >= 0.6 is 15.9 Å². The summed E-state index contributed by atoms with van der Waals surface area (Å²) in [4.78, 5) is 17.1. The molecule has 0 amide bonds. The number of aromatic amines is 1. The summed E-state index contributed by atoms with van der Waals surface area (Å²) in [6.45, 7) is 1.77. The van der Waals surface area contributed by atoms with Crippen molar-refractivity contribution in [1.82, 2.24) is 9.97 Å². The second-order valence-electron chi connectivity index (χ2n) is 2.16. The van der Waals surface area contributed by atoms with Crippen molar-refractivity contribution in [2.24, 2.45) is 0 Å². The van der Waals surface area contributed by atoms with Gasteiger partial charge in [-0.15, -0.1) is 0 Å². The van der Waals surface area contributed by atoms with E-state index in [0.29, 0.717) is 16.1 Å². The molecule has 0 spiro atoms. The quantitative estimate of drug-likeness (QED) is 0.782. The Balaban J connectivity index is 2.85. The fourth-order valence-corrected chi connectivity index (χ4v) is 1.29. The predicted octanol–water partition coefficient (Wildman–Crippen LogP) is 1.11. The number of aryl methyl sites for hydroxylation is 1. The average Bonchev–Trinajstić information content (AvgIpc) is 2.09. The van der Waals surface area contributed by atoms with E-state index in [1.165, 1.54) is 0 Å². The minimum Gasteiger partial charge on any atom is -0.481 e. The van der Waals surface area contributed by atoms with Crippen molar-refractivity contribution in [2.45, 2.75) is 13.3 Å². The Hall–Kier alpha value is -0.840. The Bertz CT molecular complexity index is 282. The summed E-state index contributed by atoms with van der Waals surface area (Å²) in [6.07, 6.45) is -0.0264. The van der Waals surface area contributed by atoms with Crippen molar-refractivity contribution in [3.63, 3.8) is 0 Å². The molecule has 0 aliphatic carbocycles. The van der Waals surface area contributed by atoms with Crippen LogP contribution < -0.4 is 0 Å². The van der Waals surface area contributed by atoms with Crippen LogP contribution in [-0.2, 0) is 11.2 Å². The third kappa shape index (κ3) is 2.04. The number of carbonyl (C=O) groups is 1. The number of aromatic nitrogens is 2. The van der Waals surface area contributed by atoms with Gasteiger partial charge >= 0.3 is 5.97 Å². The van der Waals surface area contributed by atoms with Crippen LogP contribution in [0.2, 0.25) is 0 Å². The summed E-state index contributed by atoms with van der Waals surface area (Å²) in [7, 11) is 0. The summed E-state index contributed by atoms with van der Waals surface area (Å²) in [6, 6.07) is 0. The highest BCUT2D eigenvalue weighted by molar-refractivity contribution is 9.10. The lowest BCUT2D eigenvalue weighted by Gasteiger charge is -1.89. The van der Waals surface area contributed by atoms with Gasteiger partial charge in [0.1, 0.15) is 10.4 Å². The first-order chi connectivity index (χ1) is 5.09. The van der Waals surface area contributed by atoms with E-state index in [0.717, 1.165) is 0 Å². The third-order valence-corrected chi connectivity index (χ3v) is 1.83. The molecule has 0 saturated heterocycles. The first-order valence-corrected chi connectivity index (χ1v) is 3.81. The molecule has 11 heavy (non-hydrogen) atoms. The average molecular weight is 219 g/mol. The zero-order valence-corrected chi connectivity index (χ0v) is 7.47. The van der Waals surface area contributed by atoms with Crippen molar-refractivity contribution in [3.8, 4) is 0 Å². The normalized spacial score (nSPS) is 10.0. The Morgan fingerprint density at radius 2 is 2.45 bits per heavy atom. The molecule has 1 rings (SSSR count). The Morgan fingerprint density at radius 3 is 2.82 bits per heavy atom. The van der Waals surface area contributed by atoms with Crippen molar-refractivity contribution in [1.29, 1.82) is 0 Å². The fourth-order valence-electron chi connectivity index (χ4n) is 0.781. The molecule has 0 fully saturated rings. The lowest BCUT2D eigenvalue weighted by Crippen LogP contribution is -2.00. The number of hydrogen-bond donors (Lipinski definition) is 2. The van der Waals surface area contributed by atoms with E-state index in [9.17, 15) is 4.79 Å². The molecule has 1 aromatic heterocycles. The highest BCUT2D eigenvalue weighted by Crippen LogP contribution is 2.13. The molecule has 5 heteroatoms. The number of aliphatic carboxylic acids is 1. The van der Waals surface area contributed by atoms with Crippen LogP contribution in [0.4, 0.5) is 0 Å². The highest BCUT2D eigenvalue weighted by Gasteiger charge is 2.08. The van der Waals surface area contributed by atoms with Gasteiger partial charge in [-0.05, 0) is 22.9 Å². The molecule has 0 aromatic carbocycles. The number of carboxylic acid groups (broad SMARTS) is 1. The van der Waals surface area contributed by atoms with Crippen LogP contribution in [0, 0.1) is 6.92 Å². The van der Waals surface area contributed by atoms with Gasteiger partial charge in [0.05, 0.1) is 12.1 Å². The molecule has 0 unspecified atom stereocenters. The minimum atomic E-state index is -0.866. The number of hydrogen-bond acceptors (Lipinski definition) is 2. The monoisotopic (exact) mass is 218 g/mol. The van der Waals surface area contributed by atoms with E-state index in [1.807, 2.05) is 0 Å². The lowest BCUT2D eigenvalue weighted by molar-refractivity contribution is -0.136. The van der Waals surface area contributed by atoms with E-state index >= 15 is 0 Å². The Morgan fingerprint density at radius 1 is 1.82 bits per heavy atom. The minimum absolute atomic E-state index is 0.0264. The van der Waals surface area contributed by atoms with Crippen LogP contribution in [-0.4, -0.2) is 21.0 Å². The van der Waals surface area contributed by atoms with Crippen molar-refractivity contribution >= 4 is 21.9 Å². The summed E-state index contributed by atoms with van der Waals surface area (Å²) in [5, 5.41) is 8.43. The van der Waals surface area contributed by atoms with Gasteiger partial charge in [0.15, 0.2) is 0 Å². The molecule has 1 aromatic rings. The number of H-pyrrole nitrogens is 1. The molecule has 60 valence electrons. The number of nitrogens with zero attached hydrogens (tertiary/aromatic N) is 1. The van der Waals surface area contributed by atoms with E-state index in [2.05, 4.69) is 25.9 Å². The van der Waals surface area contributed by atoms with Gasteiger partial charge in [0, 0.05) is 0 Å². The van der Waals surface area contributed by atoms with Gasteiger partial charge in [-0.25, -0.2) is 4.98 Å². The molecule has 0 aliphatic heterocycles. The van der Waals surface area contributed by atoms with E-state index in [-0.39, 0.29) is 6.42 Å². The van der Waals surface area contributed by atoms with Crippen LogP contribution in [0.25, 0.3) is 0 Å². The maximum atomic E-state index is 10.3. The van der Waals surface area contributed by atoms with E-state index in [1.54, 1.807) is 6.92 Å². The SMILES string of the molecule is Cc1nc(Br)c(CC(=O)O)[nH]1. The Kier molecular flexibility index (Phi) is 2.28. The summed E-state index contributed by atoms with van der Waals surface area (Å²) < 4.78 is 0.581. The molecule has 4 nitrogen and oxygen atoms in total. The van der Waals surface area contributed by atoms with Crippen LogP contribution in [0.3, 0.4) is 0 Å². The highest BCUT2D eigenvalue weighted by atomic mass is 79.9. The van der Waals surface area contributed by atoms with Crippen molar-refractivity contribution in [2.75, 3.05) is 0 Å². The number of halogens is 1. The number of imidazole rings is 1. The van der Waals surface area contributed by atoms with E-state index < -0.39 is 5.97 Å². The largest absolute Gasteiger partial charge is 0.481 e. The number of nitrogens with one attached hydrogen (secondary N) is 1. The summed E-state index contributed by atoms with van der Waals surface area (Å²) in [5.74, 6) is -0.150. The van der Waals surface area contributed by atoms with Crippen LogP contribution in [0.15, 0.2) is 4.60 Å². The smallest absolute Gasteiger partial charge is 0.309 e. The number of rotatable bonds is 2. The predicted molar refractivity (Wildman–Crippen MR) is 42.4 cm³/mol. The van der Waals surface area contributed by atoms with E-state index in [4.69, 9.17) is 5.11 Å². The molecule has 0 saturated carbocycles. The summed E-state index contributed by atoms with van der Waals surface area (Å²) in [5.41, 5.74) is 0.606. The zero-order valence-electron chi connectivity index (χ0n) is 5.89. The van der Waals surface area contributed by atoms with Gasteiger partial charge in [-0.2, -0.15) is 0 Å². The molecule has 0 atom stereocenters. The zero-order chi connectivity index (χ0) is 8.43. The third-order valence-electron chi connectivity index (χ3n) is 1.17. The summed E-state index contributed by atoms with van der Waals surface area (Å²) >= 11 is 3.14. The molecule has 0 bridgehead atoms. The lowest BCUT2D eigenvalue weighted by atomic mass is 10.3. The van der Waals surface area contributed by atoms with Gasteiger partial charge in [0.25, 0.3) is 0 Å². The second-order valence-corrected chi connectivity index (χ2v) is 2.91. The molecular formula is C6H7BrN2O2. The first-order valence-electron chi connectivity index (χ1n) is 3.02. The van der Waals surface area contributed by atoms with Gasteiger partial charge < -0.3 is 10.1 Å². The number of carboxylic acids is 1. The fraction of sp³-hybridized carbons (Fsp3) is 0.333. The molecule has 0 radical (unpaired) electrons. The second kappa shape index (κ2) is 3.04. The maximum Gasteiger partial charge on any atom is 0.309 e. The van der Waals surface area contributed by atoms with Crippen molar-refractivity contribution in [3.05, 3.63) is 16.1 Å². The van der Waals surface area contributed by atoms with Gasteiger partial charge in [0.2, 0.25) is 0 Å². The van der Waals surface area contributed by atoms with Gasteiger partial charge in [-0.1, -0.05) is 0 Å². The molecule has 1 heterocycles. The molecule has 2 N–H and O–H groups in total. The van der Waals surface area contributed by atoms with Gasteiger partial charge in [-0.3, -0.25) is 4.79 Å². The topological polar surface area (TPSA) is 66.0 Å².